The Bertz CT molecular complexity index is 478. The second-order valence-electron chi connectivity index (χ2n) is 3.38. The van der Waals surface area contributed by atoms with Gasteiger partial charge in [0, 0.05) is 22.9 Å². The highest BCUT2D eigenvalue weighted by atomic mass is 79.9. The number of nitrogens with two attached hydrogens (primary N) is 1. The van der Waals surface area contributed by atoms with Crippen LogP contribution in [0.2, 0.25) is 0 Å². The van der Waals surface area contributed by atoms with Crippen LogP contribution in [0.15, 0.2) is 29.0 Å². The Morgan fingerprint density at radius 1 is 1.40 bits per heavy atom. The van der Waals surface area contributed by atoms with E-state index in [1.165, 1.54) is 0 Å². The smallest absolute Gasteiger partial charge is 0.122 e. The number of nitrogen functional groups attached to an aromatic ring is 1. The van der Waals surface area contributed by atoms with Crippen molar-refractivity contribution < 1.29 is 0 Å². The van der Waals surface area contributed by atoms with Gasteiger partial charge in [-0.15, -0.1) is 0 Å². The standard InChI is InChI=1S/C10H11BrN4/c1-7-2-10(12)15(14-7)6-8-3-9(11)5-13-4-8/h2-5H,6,12H2,1H3. The quantitative estimate of drug-likeness (QED) is 0.905. The van der Waals surface area contributed by atoms with E-state index in [0.29, 0.717) is 12.4 Å². The van der Waals surface area contributed by atoms with Crippen LogP contribution in [0.25, 0.3) is 0 Å². The van der Waals surface area contributed by atoms with Crippen LogP contribution < -0.4 is 5.73 Å². The summed E-state index contributed by atoms with van der Waals surface area (Å²) in [5, 5.41) is 4.28. The molecule has 0 aliphatic heterocycles. The van der Waals surface area contributed by atoms with Gasteiger partial charge in [0.1, 0.15) is 5.82 Å². The zero-order valence-electron chi connectivity index (χ0n) is 8.31. The molecular formula is C10H11BrN4. The van der Waals surface area contributed by atoms with E-state index in [4.69, 9.17) is 5.73 Å². The highest BCUT2D eigenvalue weighted by Gasteiger charge is 2.02. The van der Waals surface area contributed by atoms with Gasteiger partial charge in [-0.3, -0.25) is 4.98 Å². The molecule has 4 nitrogen and oxygen atoms in total. The summed E-state index contributed by atoms with van der Waals surface area (Å²) < 4.78 is 2.72. The van der Waals surface area contributed by atoms with Crippen LogP contribution >= 0.6 is 15.9 Å². The molecule has 0 atom stereocenters. The Hall–Kier alpha value is -1.36. The minimum atomic E-state index is 0.645. The van der Waals surface area contributed by atoms with Crippen molar-refractivity contribution in [1.29, 1.82) is 0 Å². The van der Waals surface area contributed by atoms with Gasteiger partial charge < -0.3 is 5.73 Å². The van der Waals surface area contributed by atoms with Crippen LogP contribution in [0.1, 0.15) is 11.3 Å². The van der Waals surface area contributed by atoms with Gasteiger partial charge in [0.2, 0.25) is 0 Å². The predicted octanol–water partition coefficient (Wildman–Crippen LogP) is 1.98. The second kappa shape index (κ2) is 4.02. The largest absolute Gasteiger partial charge is 0.384 e. The van der Waals surface area contributed by atoms with Crippen LogP contribution in [0, 0.1) is 6.92 Å². The summed E-state index contributed by atoms with van der Waals surface area (Å²) in [6.45, 7) is 2.57. The van der Waals surface area contributed by atoms with Gasteiger partial charge in [0.05, 0.1) is 12.2 Å². The fraction of sp³-hybridized carbons (Fsp3) is 0.200. The molecule has 0 amide bonds. The summed E-state index contributed by atoms with van der Waals surface area (Å²) in [5.41, 5.74) is 7.79. The monoisotopic (exact) mass is 266 g/mol. The van der Waals surface area contributed by atoms with Crippen molar-refractivity contribution >= 4 is 21.7 Å². The van der Waals surface area contributed by atoms with Gasteiger partial charge >= 0.3 is 0 Å². The zero-order valence-corrected chi connectivity index (χ0v) is 9.90. The lowest BCUT2D eigenvalue weighted by Gasteiger charge is -2.03. The summed E-state index contributed by atoms with van der Waals surface area (Å²) in [7, 11) is 0. The first kappa shape index (κ1) is 10.2. The van der Waals surface area contributed by atoms with Crippen LogP contribution in [-0.2, 0) is 6.54 Å². The third kappa shape index (κ3) is 2.36. The molecule has 78 valence electrons. The van der Waals surface area contributed by atoms with Crippen LogP contribution in [0.3, 0.4) is 0 Å². The summed E-state index contributed by atoms with van der Waals surface area (Å²) in [6.07, 6.45) is 3.56. The molecule has 2 rings (SSSR count). The van der Waals surface area contributed by atoms with Crippen molar-refractivity contribution in [3.8, 4) is 0 Å². The van der Waals surface area contributed by atoms with E-state index >= 15 is 0 Å². The van der Waals surface area contributed by atoms with Gasteiger partial charge in [-0.1, -0.05) is 0 Å². The molecule has 2 N–H and O–H groups in total. The van der Waals surface area contributed by atoms with Crippen molar-refractivity contribution in [3.05, 3.63) is 40.3 Å². The molecule has 5 heteroatoms. The molecule has 0 spiro atoms. The molecule has 2 heterocycles. The van der Waals surface area contributed by atoms with E-state index < -0.39 is 0 Å². The maximum absolute atomic E-state index is 5.80. The van der Waals surface area contributed by atoms with Crippen molar-refractivity contribution in [2.75, 3.05) is 5.73 Å². The Balaban J connectivity index is 2.25. The summed E-state index contributed by atoms with van der Waals surface area (Å²) in [6, 6.07) is 3.86. The lowest BCUT2D eigenvalue weighted by molar-refractivity contribution is 0.687. The number of aromatic nitrogens is 3. The summed E-state index contributed by atoms with van der Waals surface area (Å²) >= 11 is 3.38. The summed E-state index contributed by atoms with van der Waals surface area (Å²) in [5.74, 6) is 0.674. The van der Waals surface area contributed by atoms with E-state index in [-0.39, 0.29) is 0 Å². The molecule has 0 unspecified atom stereocenters. The first-order valence-electron chi connectivity index (χ1n) is 4.54. The average Bonchev–Trinajstić information content (AvgIpc) is 2.45. The van der Waals surface area contributed by atoms with E-state index in [2.05, 4.69) is 26.0 Å². The van der Waals surface area contributed by atoms with Gasteiger partial charge in [0.25, 0.3) is 0 Å². The Morgan fingerprint density at radius 3 is 2.80 bits per heavy atom. The second-order valence-corrected chi connectivity index (χ2v) is 4.30. The Labute approximate surface area is 96.3 Å². The molecule has 0 aliphatic rings. The highest BCUT2D eigenvalue weighted by molar-refractivity contribution is 9.10. The van der Waals surface area contributed by atoms with Crippen LogP contribution in [-0.4, -0.2) is 14.8 Å². The molecule has 0 radical (unpaired) electrons. The number of rotatable bonds is 2. The Morgan fingerprint density at radius 2 is 2.20 bits per heavy atom. The number of hydrogen-bond acceptors (Lipinski definition) is 3. The SMILES string of the molecule is Cc1cc(N)n(Cc2cncc(Br)c2)n1. The topological polar surface area (TPSA) is 56.7 Å². The van der Waals surface area contributed by atoms with Crippen LogP contribution in [0.5, 0.6) is 0 Å². The van der Waals surface area contributed by atoms with E-state index in [1.54, 1.807) is 17.1 Å². The maximum atomic E-state index is 5.80. The number of nitrogens with zero attached hydrogens (tertiary/aromatic N) is 3. The third-order valence-corrected chi connectivity index (χ3v) is 2.46. The average molecular weight is 267 g/mol. The fourth-order valence-corrected chi connectivity index (χ4v) is 1.82. The first-order chi connectivity index (χ1) is 7.15. The van der Waals surface area contributed by atoms with E-state index in [0.717, 1.165) is 15.7 Å². The number of halogens is 1. The van der Waals surface area contributed by atoms with Gasteiger partial charge in [-0.25, -0.2) is 4.68 Å². The zero-order chi connectivity index (χ0) is 10.8. The lowest BCUT2D eigenvalue weighted by Crippen LogP contribution is -2.06. The fourth-order valence-electron chi connectivity index (χ4n) is 1.41. The van der Waals surface area contributed by atoms with Crippen molar-refractivity contribution in [2.45, 2.75) is 13.5 Å². The van der Waals surface area contributed by atoms with Gasteiger partial charge in [0.15, 0.2) is 0 Å². The van der Waals surface area contributed by atoms with Crippen molar-refractivity contribution in [3.63, 3.8) is 0 Å². The van der Waals surface area contributed by atoms with Gasteiger partial charge in [-0.05, 0) is 34.5 Å². The van der Waals surface area contributed by atoms with Crippen molar-refractivity contribution in [2.24, 2.45) is 0 Å². The molecule has 0 saturated carbocycles. The molecule has 0 fully saturated rings. The van der Waals surface area contributed by atoms with Crippen molar-refractivity contribution in [1.82, 2.24) is 14.8 Å². The molecule has 2 aromatic heterocycles. The molecular weight excluding hydrogens is 256 g/mol. The van der Waals surface area contributed by atoms with Gasteiger partial charge in [-0.2, -0.15) is 5.10 Å². The Kier molecular flexibility index (Phi) is 2.73. The highest BCUT2D eigenvalue weighted by Crippen LogP contribution is 2.13. The van der Waals surface area contributed by atoms with Crippen LogP contribution in [0.4, 0.5) is 5.82 Å². The molecule has 2 aromatic rings. The molecule has 15 heavy (non-hydrogen) atoms. The summed E-state index contributed by atoms with van der Waals surface area (Å²) in [4.78, 5) is 4.09. The molecule has 0 aliphatic carbocycles. The number of aryl methyl sites for hydroxylation is 1. The number of pyridine rings is 1. The first-order valence-corrected chi connectivity index (χ1v) is 5.34. The molecule has 0 aromatic carbocycles. The number of hydrogen-bond donors (Lipinski definition) is 1. The molecule has 0 saturated heterocycles. The minimum Gasteiger partial charge on any atom is -0.384 e. The lowest BCUT2D eigenvalue weighted by atomic mass is 10.3. The van der Waals surface area contributed by atoms with E-state index in [9.17, 15) is 0 Å². The predicted molar refractivity (Wildman–Crippen MR) is 62.4 cm³/mol. The molecule has 0 bridgehead atoms. The van der Waals surface area contributed by atoms with E-state index in [1.807, 2.05) is 19.1 Å². The normalized spacial score (nSPS) is 10.5. The number of anilines is 1. The third-order valence-electron chi connectivity index (χ3n) is 2.03. The minimum absolute atomic E-state index is 0.645. The maximum Gasteiger partial charge on any atom is 0.122 e.